The van der Waals surface area contributed by atoms with E-state index in [1.165, 1.54) is 11.1 Å². The van der Waals surface area contributed by atoms with Gasteiger partial charge in [0.15, 0.2) is 0 Å². The molecule has 3 aromatic rings. The Bertz CT molecular complexity index is 1180. The molecular weight excluding hydrogens is 382 g/mol. The molecule has 150 valence electrons. The second-order valence-electron chi connectivity index (χ2n) is 8.87. The highest BCUT2D eigenvalue weighted by atomic mass is 35.5. The highest BCUT2D eigenvalue weighted by Gasteiger charge is 2.44. The molecule has 2 aliphatic heterocycles. The molecule has 0 aliphatic carbocycles. The van der Waals surface area contributed by atoms with Crippen molar-refractivity contribution in [2.45, 2.75) is 44.9 Å². The van der Waals surface area contributed by atoms with Crippen LogP contribution in [0.2, 0.25) is 5.02 Å². The average Bonchev–Trinajstić information content (AvgIpc) is 2.98. The van der Waals surface area contributed by atoms with Crippen LogP contribution < -0.4 is 10.9 Å². The lowest BCUT2D eigenvalue weighted by atomic mass is 9.73. The quantitative estimate of drug-likeness (QED) is 0.664. The largest absolute Gasteiger partial charge is 0.317 e. The number of halogens is 1. The van der Waals surface area contributed by atoms with Crippen LogP contribution in [-0.4, -0.2) is 22.6 Å². The van der Waals surface area contributed by atoms with Crippen LogP contribution in [0.15, 0.2) is 41.2 Å². The number of nitrogens with one attached hydrogen (secondary N) is 1. The second kappa shape index (κ2) is 6.68. The van der Waals surface area contributed by atoms with Crippen molar-refractivity contribution in [1.29, 1.82) is 0 Å². The van der Waals surface area contributed by atoms with E-state index in [1.54, 1.807) is 6.07 Å². The number of benzene rings is 2. The predicted octanol–water partition coefficient (Wildman–Crippen LogP) is 4.78. The summed E-state index contributed by atoms with van der Waals surface area (Å²) in [5.74, 6) is 1.69. The summed E-state index contributed by atoms with van der Waals surface area (Å²) in [5, 5.41) is 4.42. The Morgan fingerprint density at radius 2 is 1.97 bits per heavy atom. The number of aromatic nitrogens is 2. The van der Waals surface area contributed by atoms with Crippen molar-refractivity contribution in [3.8, 4) is 5.69 Å². The van der Waals surface area contributed by atoms with Crippen LogP contribution in [0.25, 0.3) is 16.6 Å². The summed E-state index contributed by atoms with van der Waals surface area (Å²) < 4.78 is 2.18. The third-order valence-electron chi connectivity index (χ3n) is 7.12. The van der Waals surface area contributed by atoms with Crippen LogP contribution in [-0.2, 0) is 5.41 Å². The SMILES string of the molecule is CC(C)[C@]1(C)c2ccc(C3CCNCC3)cc2-n2c1nc(=O)c1c(Cl)cccc12. The zero-order valence-electron chi connectivity index (χ0n) is 17.1. The summed E-state index contributed by atoms with van der Waals surface area (Å²) in [7, 11) is 0. The van der Waals surface area contributed by atoms with Crippen molar-refractivity contribution in [3.63, 3.8) is 0 Å². The Labute approximate surface area is 175 Å². The van der Waals surface area contributed by atoms with E-state index in [9.17, 15) is 4.79 Å². The molecule has 0 amide bonds. The van der Waals surface area contributed by atoms with Gasteiger partial charge in [-0.3, -0.25) is 9.36 Å². The van der Waals surface area contributed by atoms with Gasteiger partial charge in [-0.25, -0.2) is 0 Å². The van der Waals surface area contributed by atoms with Crippen molar-refractivity contribution in [3.05, 3.63) is 68.7 Å². The van der Waals surface area contributed by atoms with E-state index in [1.807, 2.05) is 12.1 Å². The summed E-state index contributed by atoms with van der Waals surface area (Å²) in [6.07, 6.45) is 2.31. The lowest BCUT2D eigenvalue weighted by molar-refractivity contribution is 0.394. The van der Waals surface area contributed by atoms with Gasteiger partial charge in [0.05, 0.1) is 27.0 Å². The molecule has 0 saturated carbocycles. The molecule has 1 N–H and O–H groups in total. The fourth-order valence-corrected chi connectivity index (χ4v) is 5.34. The molecule has 5 rings (SSSR count). The van der Waals surface area contributed by atoms with Gasteiger partial charge in [0, 0.05) is 0 Å². The van der Waals surface area contributed by atoms with Crippen LogP contribution in [0.5, 0.6) is 0 Å². The number of hydrogen-bond donors (Lipinski definition) is 1. The van der Waals surface area contributed by atoms with Crippen LogP contribution in [0.4, 0.5) is 0 Å². The van der Waals surface area contributed by atoms with Gasteiger partial charge in [-0.1, -0.05) is 43.6 Å². The molecule has 29 heavy (non-hydrogen) atoms. The molecule has 5 heteroatoms. The van der Waals surface area contributed by atoms with E-state index in [2.05, 4.69) is 53.8 Å². The molecule has 2 aromatic carbocycles. The highest BCUT2D eigenvalue weighted by molar-refractivity contribution is 6.35. The van der Waals surface area contributed by atoms with Crippen LogP contribution in [0, 0.1) is 5.92 Å². The first kappa shape index (κ1) is 18.8. The van der Waals surface area contributed by atoms with Crippen molar-refractivity contribution in [2.75, 3.05) is 13.1 Å². The topological polar surface area (TPSA) is 46.9 Å². The molecule has 1 aromatic heterocycles. The Balaban J connectivity index is 1.84. The average molecular weight is 408 g/mol. The van der Waals surface area contributed by atoms with Gasteiger partial charge in [0.25, 0.3) is 5.56 Å². The van der Waals surface area contributed by atoms with E-state index in [-0.39, 0.29) is 11.0 Å². The molecule has 1 atom stereocenters. The van der Waals surface area contributed by atoms with Gasteiger partial charge in [0.1, 0.15) is 5.82 Å². The van der Waals surface area contributed by atoms with Gasteiger partial charge >= 0.3 is 0 Å². The van der Waals surface area contributed by atoms with E-state index in [0.717, 1.165) is 43.0 Å². The van der Waals surface area contributed by atoms with Crippen molar-refractivity contribution < 1.29 is 0 Å². The normalized spacial score (nSPS) is 21.6. The van der Waals surface area contributed by atoms with Crippen LogP contribution >= 0.6 is 11.6 Å². The van der Waals surface area contributed by atoms with Gasteiger partial charge in [0.2, 0.25) is 0 Å². The first-order chi connectivity index (χ1) is 13.9. The van der Waals surface area contributed by atoms with Crippen LogP contribution in [0.3, 0.4) is 0 Å². The van der Waals surface area contributed by atoms with Crippen molar-refractivity contribution in [1.82, 2.24) is 14.9 Å². The summed E-state index contributed by atoms with van der Waals surface area (Å²) in [6.45, 7) is 8.75. The number of nitrogens with zero attached hydrogens (tertiary/aromatic N) is 2. The van der Waals surface area contributed by atoms with Crippen LogP contribution in [0.1, 0.15) is 56.5 Å². The summed E-state index contributed by atoms with van der Waals surface area (Å²) in [4.78, 5) is 17.5. The smallest absolute Gasteiger partial charge is 0.282 e. The lowest BCUT2D eigenvalue weighted by Gasteiger charge is -2.29. The number of rotatable bonds is 2. The zero-order valence-corrected chi connectivity index (χ0v) is 17.9. The minimum Gasteiger partial charge on any atom is -0.317 e. The van der Waals surface area contributed by atoms with E-state index in [0.29, 0.717) is 22.2 Å². The molecule has 1 fully saturated rings. The number of fused-ring (bicyclic) bond motifs is 5. The lowest BCUT2D eigenvalue weighted by Crippen LogP contribution is -2.32. The standard InChI is InChI=1S/C24H26ClN3O/c1-14(2)24(3)17-8-7-16(15-9-11-26-12-10-15)13-20(17)28-19-6-4-5-18(25)21(19)22(29)27-23(24)28/h4-8,13-15,26H,9-12H2,1-3H3/t24-/m1/s1. The predicted molar refractivity (Wildman–Crippen MR) is 118 cm³/mol. The molecule has 1 saturated heterocycles. The Morgan fingerprint density at radius 3 is 2.69 bits per heavy atom. The van der Waals surface area contributed by atoms with Crippen molar-refractivity contribution >= 4 is 22.5 Å². The minimum atomic E-state index is -0.322. The third kappa shape index (κ3) is 2.62. The fraction of sp³-hybridized carbons (Fsp3) is 0.417. The number of hydrogen-bond acceptors (Lipinski definition) is 3. The Kier molecular flexibility index (Phi) is 4.34. The van der Waals surface area contributed by atoms with E-state index >= 15 is 0 Å². The van der Waals surface area contributed by atoms with Crippen molar-refractivity contribution in [2.24, 2.45) is 5.92 Å². The first-order valence-corrected chi connectivity index (χ1v) is 10.9. The second-order valence-corrected chi connectivity index (χ2v) is 9.28. The molecule has 0 unspecified atom stereocenters. The van der Waals surface area contributed by atoms with E-state index in [4.69, 9.17) is 11.6 Å². The maximum absolute atomic E-state index is 12.9. The monoisotopic (exact) mass is 407 g/mol. The molecule has 3 heterocycles. The maximum atomic E-state index is 12.9. The summed E-state index contributed by atoms with van der Waals surface area (Å²) in [5.41, 5.74) is 4.04. The molecule has 0 radical (unpaired) electrons. The minimum absolute atomic E-state index is 0.241. The first-order valence-electron chi connectivity index (χ1n) is 10.5. The zero-order chi connectivity index (χ0) is 20.3. The van der Waals surface area contributed by atoms with E-state index < -0.39 is 0 Å². The van der Waals surface area contributed by atoms with Gasteiger partial charge in [-0.05, 0) is 74.0 Å². The fourth-order valence-electron chi connectivity index (χ4n) is 5.09. The maximum Gasteiger partial charge on any atom is 0.282 e. The van der Waals surface area contributed by atoms with Gasteiger partial charge < -0.3 is 5.32 Å². The molecule has 2 aliphatic rings. The summed E-state index contributed by atoms with van der Waals surface area (Å²) >= 11 is 6.42. The Morgan fingerprint density at radius 1 is 1.21 bits per heavy atom. The number of piperidine rings is 1. The molecule has 4 nitrogen and oxygen atoms in total. The van der Waals surface area contributed by atoms with Gasteiger partial charge in [-0.15, -0.1) is 0 Å². The summed E-state index contributed by atoms with van der Waals surface area (Å²) in [6, 6.07) is 12.6. The molecule has 0 bridgehead atoms. The Hall–Kier alpha value is -2.17. The highest BCUT2D eigenvalue weighted by Crippen LogP contribution is 2.48. The molecule has 0 spiro atoms. The third-order valence-corrected chi connectivity index (χ3v) is 7.43. The van der Waals surface area contributed by atoms with Gasteiger partial charge in [-0.2, -0.15) is 4.98 Å². The molecular formula is C24H26ClN3O.